The summed E-state index contributed by atoms with van der Waals surface area (Å²) < 4.78 is 0. The summed E-state index contributed by atoms with van der Waals surface area (Å²) in [5.41, 5.74) is 11.3. The molecule has 8 N–H and O–H groups in total. The van der Waals surface area contributed by atoms with E-state index < -0.39 is 59.6 Å². The van der Waals surface area contributed by atoms with Crippen LogP contribution in [0.5, 0.6) is 0 Å². The summed E-state index contributed by atoms with van der Waals surface area (Å²) in [7, 11) is 0. The third kappa shape index (κ3) is 18.2. The second-order valence-corrected chi connectivity index (χ2v) is 12.8. The number of nitrogens with one attached hydrogen (secondary N) is 3. The quantitative estimate of drug-likeness (QED) is 0.0295. The summed E-state index contributed by atoms with van der Waals surface area (Å²) in [6, 6.07) is 11.1. The maximum Gasteiger partial charge on any atom is 0.303 e. The zero-order valence-electron chi connectivity index (χ0n) is 30.3. The topological polar surface area (TPSA) is 252 Å². The average Bonchev–Trinajstić information content (AvgIpc) is 3.10. The van der Waals surface area contributed by atoms with Gasteiger partial charge in [0.15, 0.2) is 5.96 Å². The zero-order chi connectivity index (χ0) is 38.5. The third-order valence-corrected chi connectivity index (χ3v) is 8.17. The number of nitrogens with zero attached hydrogens (tertiary/aromatic N) is 3. The number of halogens is 1. The number of rotatable bonds is 24. The number of carbonyl (C=O) groups is 5. The first-order valence-electron chi connectivity index (χ1n) is 17.5. The minimum Gasteiger partial charge on any atom is -0.481 e. The van der Waals surface area contributed by atoms with E-state index in [0.29, 0.717) is 18.8 Å². The maximum absolute atomic E-state index is 13.9. The van der Waals surface area contributed by atoms with Gasteiger partial charge in [-0.3, -0.25) is 39.1 Å². The Kier molecular flexibility index (Phi) is 21.5. The van der Waals surface area contributed by atoms with Crippen LogP contribution >= 0.6 is 12.4 Å². The van der Waals surface area contributed by atoms with Gasteiger partial charge in [0.1, 0.15) is 12.1 Å². The van der Waals surface area contributed by atoms with Crippen LogP contribution in [0.4, 0.5) is 11.4 Å². The Morgan fingerprint density at radius 3 is 2.11 bits per heavy atom. The van der Waals surface area contributed by atoms with Gasteiger partial charge in [0, 0.05) is 42.9 Å². The number of carboxylic acid groups (broad SMARTS) is 1. The van der Waals surface area contributed by atoms with Crippen molar-refractivity contribution in [3.63, 3.8) is 0 Å². The van der Waals surface area contributed by atoms with Crippen molar-refractivity contribution in [1.29, 1.82) is 0 Å². The minimum atomic E-state index is -1.25. The molecule has 0 spiro atoms. The largest absolute Gasteiger partial charge is 0.481 e. The molecule has 0 heterocycles. The summed E-state index contributed by atoms with van der Waals surface area (Å²) in [6.07, 6.45) is 5.37. The van der Waals surface area contributed by atoms with E-state index in [9.17, 15) is 39.2 Å². The van der Waals surface area contributed by atoms with Gasteiger partial charge in [-0.2, -0.15) is 0 Å². The second-order valence-electron chi connectivity index (χ2n) is 12.8. The zero-order valence-corrected chi connectivity index (χ0v) is 31.1. The lowest BCUT2D eigenvalue weighted by Crippen LogP contribution is -2.53. The molecule has 292 valence electrons. The Bertz CT molecular complexity index is 1500. The second kappa shape index (κ2) is 24.9. The van der Waals surface area contributed by atoms with Crippen LogP contribution in [0.25, 0.3) is 0 Å². The lowest BCUT2D eigenvalue weighted by atomic mass is 10.0. The lowest BCUT2D eigenvalue weighted by Gasteiger charge is -2.31. The number of hydrogen-bond acceptors (Lipinski definition) is 8. The van der Waals surface area contributed by atoms with E-state index in [1.165, 1.54) is 29.2 Å². The van der Waals surface area contributed by atoms with Crippen molar-refractivity contribution in [2.24, 2.45) is 22.4 Å². The number of aliphatic carboxylic acids is 1. The van der Waals surface area contributed by atoms with Gasteiger partial charge in [-0.15, -0.1) is 12.4 Å². The summed E-state index contributed by atoms with van der Waals surface area (Å²) >= 11 is 0. The molecule has 0 unspecified atom stereocenters. The molecular weight excluding hydrogens is 708 g/mol. The first-order chi connectivity index (χ1) is 24.8. The van der Waals surface area contributed by atoms with Crippen LogP contribution in [0.1, 0.15) is 88.4 Å². The standard InChI is InChI=1S/C36H52N8O8.ClH/c1-25(2)12-7-4-3-5-10-23-43(30(15-11-22-39-36(37)38)35(50)41-27-16-18-28(19-17-27)44(51)52)31(45)24-40-34(49)29(20-21-32(46)47)42-33(48)26-13-8-6-9-14-26;/h6,8-9,13-14,16-19,25,29-30H,3-5,7,10-12,15,20-24H2,1-2H3,(H,40,49)(H,41,50)(H,42,48)(H,46,47)(H4,37,38,39);1H/t29-,30-;/m0./s1. The Balaban J connectivity index is 0.0000140. The number of guanidine groups is 1. The highest BCUT2D eigenvalue weighted by Gasteiger charge is 2.31. The number of non-ortho nitro benzene ring substituents is 1. The number of nitrogens with two attached hydrogens (primary N) is 2. The minimum absolute atomic E-state index is 0. The molecule has 0 radical (unpaired) electrons. The molecule has 16 nitrogen and oxygen atoms in total. The molecular formula is C36H53ClN8O8. The number of nitro groups is 1. The molecule has 2 aromatic rings. The van der Waals surface area contributed by atoms with Crippen molar-refractivity contribution in [3.05, 3.63) is 70.3 Å². The Hall–Kier alpha value is -5.25. The fraction of sp³-hybridized carbons (Fsp3) is 0.500. The van der Waals surface area contributed by atoms with Gasteiger partial charge in [0.25, 0.3) is 11.6 Å². The van der Waals surface area contributed by atoms with Gasteiger partial charge in [-0.25, -0.2) is 0 Å². The Morgan fingerprint density at radius 1 is 0.868 bits per heavy atom. The average molecular weight is 761 g/mol. The highest BCUT2D eigenvalue weighted by atomic mass is 35.5. The van der Waals surface area contributed by atoms with Crippen molar-refractivity contribution in [2.45, 2.75) is 90.1 Å². The van der Waals surface area contributed by atoms with Gasteiger partial charge in [-0.05, 0) is 55.9 Å². The van der Waals surface area contributed by atoms with Crippen molar-refractivity contribution in [3.8, 4) is 0 Å². The number of hydrogen-bond donors (Lipinski definition) is 6. The normalized spacial score (nSPS) is 11.7. The molecule has 0 aromatic heterocycles. The number of carbonyl (C=O) groups excluding carboxylic acids is 4. The van der Waals surface area contributed by atoms with Gasteiger partial charge in [0.2, 0.25) is 17.7 Å². The molecule has 0 fully saturated rings. The monoisotopic (exact) mass is 760 g/mol. The van der Waals surface area contributed by atoms with Gasteiger partial charge < -0.3 is 37.4 Å². The first kappa shape index (κ1) is 45.8. The van der Waals surface area contributed by atoms with Gasteiger partial charge in [-0.1, -0.05) is 64.2 Å². The smallest absolute Gasteiger partial charge is 0.303 e. The van der Waals surface area contributed by atoms with E-state index in [0.717, 1.165) is 32.1 Å². The maximum atomic E-state index is 13.9. The molecule has 2 atom stereocenters. The van der Waals surface area contributed by atoms with Gasteiger partial charge >= 0.3 is 5.97 Å². The van der Waals surface area contributed by atoms with Gasteiger partial charge in [0.05, 0.1) is 11.5 Å². The van der Waals surface area contributed by atoms with Crippen LogP contribution in [0, 0.1) is 16.0 Å². The number of nitro benzene ring substituents is 1. The van der Waals surface area contributed by atoms with Crippen LogP contribution in [-0.2, 0) is 19.2 Å². The SMILES string of the molecule is CC(C)CCCCCCCN(C(=O)CNC(=O)[C@H](CCC(=O)O)NC(=O)c1ccccc1)[C@@H](CCCN=C(N)N)C(=O)Nc1ccc([N+](=O)[O-])cc1.Cl. The summed E-state index contributed by atoms with van der Waals surface area (Å²) in [4.78, 5) is 81.0. The van der Waals surface area contributed by atoms with Crippen molar-refractivity contribution < 1.29 is 34.0 Å². The number of anilines is 1. The molecule has 0 aliphatic rings. The highest BCUT2D eigenvalue weighted by molar-refractivity contribution is 5.99. The van der Waals surface area contributed by atoms with Crippen LogP contribution in [0.15, 0.2) is 59.6 Å². The van der Waals surface area contributed by atoms with Crippen LogP contribution < -0.4 is 27.4 Å². The molecule has 0 saturated carbocycles. The lowest BCUT2D eigenvalue weighted by molar-refractivity contribution is -0.384. The predicted molar refractivity (Wildman–Crippen MR) is 205 cm³/mol. The molecule has 0 bridgehead atoms. The number of benzene rings is 2. The predicted octanol–water partition coefficient (Wildman–Crippen LogP) is 3.98. The summed E-state index contributed by atoms with van der Waals surface area (Å²) in [6.45, 7) is 4.18. The van der Waals surface area contributed by atoms with Crippen molar-refractivity contribution >= 4 is 59.3 Å². The van der Waals surface area contributed by atoms with Crippen LogP contribution in [0.3, 0.4) is 0 Å². The van der Waals surface area contributed by atoms with E-state index in [2.05, 4.69) is 34.8 Å². The van der Waals surface area contributed by atoms with Crippen molar-refractivity contribution in [1.82, 2.24) is 15.5 Å². The number of unbranched alkanes of at least 4 members (excludes halogenated alkanes) is 4. The van der Waals surface area contributed by atoms with Crippen LogP contribution in [0.2, 0.25) is 0 Å². The number of aliphatic imine (C=N–C) groups is 1. The number of amides is 4. The van der Waals surface area contributed by atoms with Crippen molar-refractivity contribution in [2.75, 3.05) is 25.0 Å². The van der Waals surface area contributed by atoms with E-state index in [-0.39, 0.29) is 61.2 Å². The van der Waals surface area contributed by atoms with E-state index in [1.54, 1.807) is 30.3 Å². The fourth-order valence-corrected chi connectivity index (χ4v) is 5.39. The molecule has 4 amide bonds. The van der Waals surface area contributed by atoms with E-state index >= 15 is 0 Å². The first-order valence-corrected chi connectivity index (χ1v) is 17.5. The molecule has 2 rings (SSSR count). The molecule has 17 heteroatoms. The molecule has 0 saturated heterocycles. The molecule has 53 heavy (non-hydrogen) atoms. The third-order valence-electron chi connectivity index (χ3n) is 8.17. The summed E-state index contributed by atoms with van der Waals surface area (Å²) in [5.74, 6) is -3.17. The molecule has 0 aliphatic heterocycles. The van der Waals surface area contributed by atoms with Crippen LogP contribution in [-0.4, -0.2) is 82.2 Å². The summed E-state index contributed by atoms with van der Waals surface area (Å²) in [5, 5.41) is 28.2. The fourth-order valence-electron chi connectivity index (χ4n) is 5.39. The van der Waals surface area contributed by atoms with E-state index in [4.69, 9.17) is 11.5 Å². The number of carboxylic acids is 1. The Morgan fingerprint density at radius 2 is 1.51 bits per heavy atom. The van der Waals surface area contributed by atoms with E-state index in [1.807, 2.05) is 0 Å². The highest BCUT2D eigenvalue weighted by Crippen LogP contribution is 2.19. The molecule has 2 aromatic carbocycles. The molecule has 0 aliphatic carbocycles. The Labute approximate surface area is 316 Å².